The molecule has 0 aliphatic carbocycles. The van der Waals surface area contributed by atoms with Crippen LogP contribution in [0, 0.1) is 5.82 Å². The van der Waals surface area contributed by atoms with Crippen molar-refractivity contribution in [3.8, 4) is 11.4 Å². The van der Waals surface area contributed by atoms with Crippen LogP contribution in [0.5, 0.6) is 5.75 Å². The Morgan fingerprint density at radius 3 is 2.62 bits per heavy atom. The van der Waals surface area contributed by atoms with Crippen LogP contribution in [0.1, 0.15) is 16.2 Å². The summed E-state index contributed by atoms with van der Waals surface area (Å²) in [5, 5.41) is 9.45. The normalized spacial score (nSPS) is 11.3. The maximum absolute atomic E-state index is 13.5. The third kappa shape index (κ3) is 5.02. The van der Waals surface area contributed by atoms with Crippen molar-refractivity contribution in [3.63, 3.8) is 0 Å². The Balaban J connectivity index is 1.73. The quantitative estimate of drug-likeness (QED) is 0.478. The van der Waals surface area contributed by atoms with Gasteiger partial charge in [0, 0.05) is 5.02 Å². The molecule has 0 fully saturated rings. The average Bonchev–Trinajstić information content (AvgIpc) is 3.11. The number of alkyl halides is 3. The molecule has 1 N–H and O–H groups in total. The molecule has 3 rings (SSSR count). The standard InChI is InChI=1S/C18H13ClF4N4O2/c19-11-3-1-6-14(9-11)29-8-7-24-17(28)15-16(18(21,22)23)27(26-25-15)13-5-2-4-12(20)10-13/h1-6,9-10H,7-8H2,(H,24,28). The van der Waals surface area contributed by atoms with E-state index in [4.69, 9.17) is 16.3 Å². The summed E-state index contributed by atoms with van der Waals surface area (Å²) in [6.45, 7) is -0.0963. The highest BCUT2D eigenvalue weighted by Gasteiger charge is 2.42. The molecular weight excluding hydrogens is 416 g/mol. The van der Waals surface area contributed by atoms with Crippen LogP contribution in [-0.4, -0.2) is 34.1 Å². The smallest absolute Gasteiger partial charge is 0.435 e. The molecule has 0 aliphatic heterocycles. The van der Waals surface area contributed by atoms with Crippen LogP contribution in [0.2, 0.25) is 5.02 Å². The summed E-state index contributed by atoms with van der Waals surface area (Å²) in [6, 6.07) is 10.9. The Kier molecular flexibility index (Phi) is 6.02. The van der Waals surface area contributed by atoms with Gasteiger partial charge in [-0.05, 0) is 36.4 Å². The van der Waals surface area contributed by atoms with Crippen LogP contribution in [0.4, 0.5) is 17.6 Å². The highest BCUT2D eigenvalue weighted by Crippen LogP contribution is 2.32. The summed E-state index contributed by atoms with van der Waals surface area (Å²) in [5.74, 6) is -1.40. The van der Waals surface area contributed by atoms with Crippen LogP contribution in [0.15, 0.2) is 48.5 Å². The SMILES string of the molecule is O=C(NCCOc1cccc(Cl)c1)c1nnn(-c2cccc(F)c2)c1C(F)(F)F. The third-order valence-electron chi connectivity index (χ3n) is 3.66. The van der Waals surface area contributed by atoms with Gasteiger partial charge in [-0.1, -0.05) is 28.9 Å². The number of nitrogens with zero attached hydrogens (tertiary/aromatic N) is 3. The van der Waals surface area contributed by atoms with E-state index < -0.39 is 29.3 Å². The second kappa shape index (κ2) is 8.48. The molecule has 152 valence electrons. The Morgan fingerprint density at radius 2 is 1.93 bits per heavy atom. The van der Waals surface area contributed by atoms with Crippen LogP contribution in [0.25, 0.3) is 5.69 Å². The number of hydrogen-bond acceptors (Lipinski definition) is 4. The Labute approximate surface area is 167 Å². The summed E-state index contributed by atoms with van der Waals surface area (Å²) in [5.41, 5.74) is -2.55. The molecular formula is C18H13ClF4N4O2. The topological polar surface area (TPSA) is 69.0 Å². The summed E-state index contributed by atoms with van der Waals surface area (Å²) in [7, 11) is 0. The summed E-state index contributed by atoms with van der Waals surface area (Å²) >= 11 is 5.81. The largest absolute Gasteiger partial charge is 0.492 e. The van der Waals surface area contributed by atoms with Gasteiger partial charge in [0.1, 0.15) is 18.2 Å². The molecule has 6 nitrogen and oxygen atoms in total. The van der Waals surface area contributed by atoms with Gasteiger partial charge in [0.05, 0.1) is 12.2 Å². The van der Waals surface area contributed by atoms with E-state index in [0.717, 1.165) is 12.1 Å². The number of nitrogens with one attached hydrogen (secondary N) is 1. The van der Waals surface area contributed by atoms with Gasteiger partial charge in [-0.3, -0.25) is 4.79 Å². The summed E-state index contributed by atoms with van der Waals surface area (Å²) in [6.07, 6.45) is -4.94. The number of benzene rings is 2. The monoisotopic (exact) mass is 428 g/mol. The molecule has 11 heteroatoms. The molecule has 1 aromatic heterocycles. The number of carbonyl (C=O) groups excluding carboxylic acids is 1. The Hall–Kier alpha value is -3.14. The maximum atomic E-state index is 13.5. The second-order valence-electron chi connectivity index (χ2n) is 5.74. The molecule has 29 heavy (non-hydrogen) atoms. The summed E-state index contributed by atoms with van der Waals surface area (Å²) < 4.78 is 59.7. The predicted octanol–water partition coefficient (Wildman–Crippen LogP) is 3.89. The van der Waals surface area contributed by atoms with E-state index in [2.05, 4.69) is 15.6 Å². The van der Waals surface area contributed by atoms with Crippen molar-refractivity contribution in [2.24, 2.45) is 0 Å². The van der Waals surface area contributed by atoms with Crippen LogP contribution >= 0.6 is 11.6 Å². The van der Waals surface area contributed by atoms with Gasteiger partial charge in [0.25, 0.3) is 5.91 Å². The summed E-state index contributed by atoms with van der Waals surface area (Å²) in [4.78, 5) is 12.2. The van der Waals surface area contributed by atoms with E-state index in [1.165, 1.54) is 12.1 Å². The van der Waals surface area contributed by atoms with Crippen molar-refractivity contribution in [2.75, 3.05) is 13.2 Å². The molecule has 0 unspecified atom stereocenters. The molecule has 3 aromatic rings. The van der Waals surface area contributed by atoms with E-state index in [-0.39, 0.29) is 18.8 Å². The zero-order chi connectivity index (χ0) is 21.0. The van der Waals surface area contributed by atoms with Crippen molar-refractivity contribution < 1.29 is 27.1 Å². The van der Waals surface area contributed by atoms with Gasteiger partial charge in [0.2, 0.25) is 0 Å². The lowest BCUT2D eigenvalue weighted by atomic mass is 10.2. The lowest BCUT2D eigenvalue weighted by molar-refractivity contribution is -0.143. The molecule has 0 radical (unpaired) electrons. The van der Waals surface area contributed by atoms with Gasteiger partial charge >= 0.3 is 6.18 Å². The second-order valence-corrected chi connectivity index (χ2v) is 6.17. The molecule has 0 saturated heterocycles. The number of rotatable bonds is 6. The van der Waals surface area contributed by atoms with Gasteiger partial charge in [-0.2, -0.15) is 13.2 Å². The fraction of sp³-hybridized carbons (Fsp3) is 0.167. The Bertz CT molecular complexity index is 1020. The average molecular weight is 429 g/mol. The minimum atomic E-state index is -4.94. The van der Waals surface area contributed by atoms with Gasteiger partial charge < -0.3 is 10.1 Å². The number of carbonyl (C=O) groups is 1. The first-order chi connectivity index (χ1) is 13.8. The van der Waals surface area contributed by atoms with Gasteiger partial charge in [0.15, 0.2) is 11.4 Å². The van der Waals surface area contributed by atoms with Crippen molar-refractivity contribution >= 4 is 17.5 Å². The van der Waals surface area contributed by atoms with Crippen LogP contribution in [0.3, 0.4) is 0 Å². The first-order valence-corrected chi connectivity index (χ1v) is 8.59. The highest BCUT2D eigenvalue weighted by molar-refractivity contribution is 6.30. The molecule has 0 aliphatic rings. The molecule has 1 heterocycles. The molecule has 1 amide bonds. The van der Waals surface area contributed by atoms with E-state index in [1.54, 1.807) is 24.3 Å². The fourth-order valence-electron chi connectivity index (χ4n) is 2.45. The minimum Gasteiger partial charge on any atom is -0.492 e. The van der Waals surface area contributed by atoms with E-state index in [1.807, 2.05) is 0 Å². The highest BCUT2D eigenvalue weighted by atomic mass is 35.5. The lowest BCUT2D eigenvalue weighted by Gasteiger charge is -2.11. The number of aromatic nitrogens is 3. The number of amides is 1. The van der Waals surface area contributed by atoms with Gasteiger partial charge in [-0.25, -0.2) is 9.07 Å². The zero-order valence-electron chi connectivity index (χ0n) is 14.6. The van der Waals surface area contributed by atoms with Crippen molar-refractivity contribution in [1.29, 1.82) is 0 Å². The minimum absolute atomic E-state index is 0.00847. The van der Waals surface area contributed by atoms with Crippen molar-refractivity contribution in [3.05, 3.63) is 70.8 Å². The zero-order valence-corrected chi connectivity index (χ0v) is 15.3. The van der Waals surface area contributed by atoms with E-state index in [9.17, 15) is 22.4 Å². The molecule has 0 bridgehead atoms. The van der Waals surface area contributed by atoms with E-state index in [0.29, 0.717) is 15.5 Å². The molecule has 0 spiro atoms. The Morgan fingerprint density at radius 1 is 1.17 bits per heavy atom. The number of ether oxygens (including phenoxy) is 1. The van der Waals surface area contributed by atoms with Crippen molar-refractivity contribution in [1.82, 2.24) is 20.3 Å². The van der Waals surface area contributed by atoms with Crippen LogP contribution in [-0.2, 0) is 6.18 Å². The number of halogens is 5. The third-order valence-corrected chi connectivity index (χ3v) is 3.89. The number of hydrogen-bond donors (Lipinski definition) is 1. The van der Waals surface area contributed by atoms with E-state index >= 15 is 0 Å². The molecule has 0 atom stereocenters. The van der Waals surface area contributed by atoms with Crippen molar-refractivity contribution in [2.45, 2.75) is 6.18 Å². The first-order valence-electron chi connectivity index (χ1n) is 8.21. The molecule has 2 aromatic carbocycles. The first kappa shape index (κ1) is 20.6. The molecule has 0 saturated carbocycles. The predicted molar refractivity (Wildman–Crippen MR) is 95.6 cm³/mol. The maximum Gasteiger partial charge on any atom is 0.435 e. The van der Waals surface area contributed by atoms with Gasteiger partial charge in [-0.15, -0.1) is 5.10 Å². The lowest BCUT2D eigenvalue weighted by Crippen LogP contribution is -2.30. The fourth-order valence-corrected chi connectivity index (χ4v) is 2.63. The van der Waals surface area contributed by atoms with Crippen LogP contribution < -0.4 is 10.1 Å².